The zero-order valence-corrected chi connectivity index (χ0v) is 20.2. The van der Waals surface area contributed by atoms with Crippen molar-refractivity contribution in [2.75, 3.05) is 11.9 Å². The maximum absolute atomic E-state index is 12.9. The van der Waals surface area contributed by atoms with Crippen LogP contribution in [0.5, 0.6) is 11.5 Å². The summed E-state index contributed by atoms with van der Waals surface area (Å²) >= 11 is 0. The lowest BCUT2D eigenvalue weighted by molar-refractivity contribution is 0.0663. The first kappa shape index (κ1) is 24.5. The molecular weight excluding hydrogens is 412 g/mol. The molecule has 5 heteroatoms. The maximum atomic E-state index is 12.9. The number of hydrogen-bond donors (Lipinski definition) is 1. The molecule has 0 spiro atoms. The molecule has 1 aromatic heterocycles. The Labute approximate surface area is 197 Å². The number of aromatic nitrogens is 1. The van der Waals surface area contributed by atoms with Crippen LogP contribution in [0.25, 0.3) is 0 Å². The summed E-state index contributed by atoms with van der Waals surface area (Å²) in [7, 11) is 0. The molecule has 1 N–H and O–H groups in total. The molecule has 2 aromatic carbocycles. The molecule has 0 fully saturated rings. The number of carbonyl (C=O) groups is 1. The predicted molar refractivity (Wildman–Crippen MR) is 133 cm³/mol. The van der Waals surface area contributed by atoms with Crippen LogP contribution in [0, 0.1) is 6.92 Å². The first-order chi connectivity index (χ1) is 15.9. The van der Waals surface area contributed by atoms with E-state index in [9.17, 15) is 4.79 Å². The van der Waals surface area contributed by atoms with Crippen molar-refractivity contribution in [3.63, 3.8) is 0 Å². The first-order valence-electron chi connectivity index (χ1n) is 11.6. The molecule has 0 bridgehead atoms. The highest BCUT2D eigenvalue weighted by atomic mass is 16.5. The Hall–Kier alpha value is -3.18. The summed E-state index contributed by atoms with van der Waals surface area (Å²) in [6.45, 7) is 11.1. The van der Waals surface area contributed by atoms with Crippen molar-refractivity contribution in [3.8, 4) is 11.5 Å². The van der Waals surface area contributed by atoms with Crippen LogP contribution in [0.1, 0.15) is 67.3 Å². The molecule has 0 aliphatic rings. The van der Waals surface area contributed by atoms with Gasteiger partial charge in [0, 0.05) is 30.5 Å². The van der Waals surface area contributed by atoms with Gasteiger partial charge in [-0.05, 0) is 68.1 Å². The van der Waals surface area contributed by atoms with Gasteiger partial charge in [-0.15, -0.1) is 0 Å². The number of nitrogens with one attached hydrogen (secondary N) is 1. The highest BCUT2D eigenvalue weighted by Crippen LogP contribution is 2.26. The Bertz CT molecular complexity index is 1060. The zero-order chi connectivity index (χ0) is 23.8. The summed E-state index contributed by atoms with van der Waals surface area (Å²) < 4.78 is 11.7. The van der Waals surface area contributed by atoms with Gasteiger partial charge in [-0.2, -0.15) is 0 Å². The van der Waals surface area contributed by atoms with E-state index < -0.39 is 0 Å². The second kappa shape index (κ2) is 11.6. The molecule has 1 amide bonds. The van der Waals surface area contributed by atoms with Gasteiger partial charge in [0.05, 0.1) is 17.4 Å². The molecule has 1 heterocycles. The van der Waals surface area contributed by atoms with E-state index in [0.717, 1.165) is 30.9 Å². The predicted octanol–water partition coefficient (Wildman–Crippen LogP) is 6.92. The van der Waals surface area contributed by atoms with E-state index in [0.29, 0.717) is 28.6 Å². The molecule has 1 atom stereocenters. The maximum Gasteiger partial charge on any atom is 0.257 e. The SMILES string of the molecule is CCCOC(C)Cc1ccc(C(=O)Nc2cccc(Oc3ccc(C(C)C)cc3)c2)c(C)n1. The van der Waals surface area contributed by atoms with Gasteiger partial charge < -0.3 is 14.8 Å². The van der Waals surface area contributed by atoms with Crippen molar-refractivity contribution in [3.05, 3.63) is 83.2 Å². The van der Waals surface area contributed by atoms with Gasteiger partial charge in [0.2, 0.25) is 0 Å². The molecule has 1 unspecified atom stereocenters. The topological polar surface area (TPSA) is 60.5 Å². The number of rotatable bonds is 10. The molecule has 0 saturated carbocycles. The quantitative estimate of drug-likeness (QED) is 0.367. The van der Waals surface area contributed by atoms with Crippen molar-refractivity contribution in [2.24, 2.45) is 0 Å². The summed E-state index contributed by atoms with van der Waals surface area (Å²) in [5.41, 5.74) is 4.11. The van der Waals surface area contributed by atoms with E-state index in [1.54, 1.807) is 0 Å². The molecule has 3 aromatic rings. The molecule has 174 valence electrons. The third-order valence-electron chi connectivity index (χ3n) is 5.37. The number of ether oxygens (including phenoxy) is 2. The molecule has 0 aliphatic carbocycles. The Morgan fingerprint density at radius 2 is 1.76 bits per heavy atom. The fourth-order valence-corrected chi connectivity index (χ4v) is 3.53. The number of anilines is 1. The van der Waals surface area contributed by atoms with E-state index >= 15 is 0 Å². The van der Waals surface area contributed by atoms with E-state index in [1.165, 1.54) is 5.56 Å². The summed E-state index contributed by atoms with van der Waals surface area (Å²) in [6.07, 6.45) is 1.81. The number of pyridine rings is 1. The van der Waals surface area contributed by atoms with Gasteiger partial charge in [-0.25, -0.2) is 0 Å². The van der Waals surface area contributed by atoms with Crippen molar-refractivity contribution < 1.29 is 14.3 Å². The second-order valence-corrected chi connectivity index (χ2v) is 8.63. The van der Waals surface area contributed by atoms with Crippen LogP contribution in [0.4, 0.5) is 5.69 Å². The van der Waals surface area contributed by atoms with Crippen LogP contribution >= 0.6 is 0 Å². The molecular formula is C28H34N2O3. The minimum atomic E-state index is -0.194. The van der Waals surface area contributed by atoms with Crippen LogP contribution in [-0.2, 0) is 11.2 Å². The molecule has 0 radical (unpaired) electrons. The average molecular weight is 447 g/mol. The van der Waals surface area contributed by atoms with Gasteiger partial charge in [-0.1, -0.05) is 39.0 Å². The van der Waals surface area contributed by atoms with Gasteiger partial charge in [0.25, 0.3) is 5.91 Å². The highest BCUT2D eigenvalue weighted by molar-refractivity contribution is 6.05. The lowest BCUT2D eigenvalue weighted by Gasteiger charge is -2.14. The van der Waals surface area contributed by atoms with Gasteiger partial charge >= 0.3 is 0 Å². The largest absolute Gasteiger partial charge is 0.457 e. The normalized spacial score (nSPS) is 11.9. The Balaban J connectivity index is 1.64. The standard InChI is InChI=1S/C28H34N2O3/c1-6-16-32-20(4)17-24-12-15-27(21(5)29-24)28(31)30-23-8-7-9-26(18-23)33-25-13-10-22(11-14-25)19(2)3/h7-15,18-20H,6,16-17H2,1-5H3,(H,30,31). The van der Waals surface area contributed by atoms with E-state index in [-0.39, 0.29) is 12.0 Å². The van der Waals surface area contributed by atoms with E-state index in [4.69, 9.17) is 9.47 Å². The molecule has 3 rings (SSSR count). The third-order valence-corrected chi connectivity index (χ3v) is 5.37. The average Bonchev–Trinajstić information content (AvgIpc) is 2.78. The highest BCUT2D eigenvalue weighted by Gasteiger charge is 2.13. The van der Waals surface area contributed by atoms with E-state index in [2.05, 4.69) is 43.2 Å². The van der Waals surface area contributed by atoms with Crippen LogP contribution < -0.4 is 10.1 Å². The van der Waals surface area contributed by atoms with Crippen LogP contribution in [0.3, 0.4) is 0 Å². The van der Waals surface area contributed by atoms with E-state index in [1.807, 2.05) is 62.4 Å². The molecule has 0 saturated heterocycles. The summed E-state index contributed by atoms with van der Waals surface area (Å²) in [4.78, 5) is 17.5. The number of nitrogens with zero attached hydrogens (tertiary/aromatic N) is 1. The monoisotopic (exact) mass is 446 g/mol. The smallest absolute Gasteiger partial charge is 0.257 e. The van der Waals surface area contributed by atoms with Crippen molar-refractivity contribution in [1.29, 1.82) is 0 Å². The molecule has 5 nitrogen and oxygen atoms in total. The molecule has 0 aliphatic heterocycles. The minimum Gasteiger partial charge on any atom is -0.457 e. The van der Waals surface area contributed by atoms with Crippen LogP contribution in [0.15, 0.2) is 60.7 Å². The van der Waals surface area contributed by atoms with Gasteiger partial charge in [-0.3, -0.25) is 9.78 Å². The van der Waals surface area contributed by atoms with Crippen LogP contribution in [0.2, 0.25) is 0 Å². The van der Waals surface area contributed by atoms with Crippen molar-refractivity contribution in [2.45, 2.75) is 59.5 Å². The number of benzene rings is 2. The lowest BCUT2D eigenvalue weighted by Crippen LogP contribution is -2.16. The van der Waals surface area contributed by atoms with Gasteiger partial charge in [0.1, 0.15) is 11.5 Å². The minimum absolute atomic E-state index is 0.0980. The first-order valence-corrected chi connectivity index (χ1v) is 11.6. The Kier molecular flexibility index (Phi) is 8.61. The van der Waals surface area contributed by atoms with Crippen LogP contribution in [-0.4, -0.2) is 23.6 Å². The molecule has 33 heavy (non-hydrogen) atoms. The number of carbonyl (C=O) groups excluding carboxylic acids is 1. The summed E-state index contributed by atoms with van der Waals surface area (Å²) in [6, 6.07) is 19.2. The van der Waals surface area contributed by atoms with Gasteiger partial charge in [0.15, 0.2) is 0 Å². The zero-order valence-electron chi connectivity index (χ0n) is 20.2. The number of hydrogen-bond acceptors (Lipinski definition) is 4. The Morgan fingerprint density at radius 3 is 2.42 bits per heavy atom. The third kappa shape index (κ3) is 7.16. The van der Waals surface area contributed by atoms with Crippen molar-refractivity contribution >= 4 is 11.6 Å². The summed E-state index contributed by atoms with van der Waals surface area (Å²) in [5, 5.41) is 2.95. The van der Waals surface area contributed by atoms with Crippen molar-refractivity contribution in [1.82, 2.24) is 4.98 Å². The summed E-state index contributed by atoms with van der Waals surface area (Å²) in [5.74, 6) is 1.70. The fraction of sp³-hybridized carbons (Fsp3) is 0.357. The fourth-order valence-electron chi connectivity index (χ4n) is 3.53. The Morgan fingerprint density at radius 1 is 1.00 bits per heavy atom. The second-order valence-electron chi connectivity index (χ2n) is 8.63. The number of amides is 1. The lowest BCUT2D eigenvalue weighted by atomic mass is 10.0. The number of aryl methyl sites for hydroxylation is 1.